The van der Waals surface area contributed by atoms with Crippen molar-refractivity contribution in [1.82, 2.24) is 9.55 Å². The van der Waals surface area contributed by atoms with Crippen LogP contribution in [0.3, 0.4) is 0 Å². The van der Waals surface area contributed by atoms with Gasteiger partial charge >= 0.3 is 0 Å². The van der Waals surface area contributed by atoms with Gasteiger partial charge in [0.25, 0.3) is 5.91 Å². The molecule has 0 fully saturated rings. The SMILES string of the molecule is COc1ccc2c(c1)c(N=NC(=O)c1cccnc1)c(O)n2CC(C)C. The van der Waals surface area contributed by atoms with E-state index in [1.807, 2.05) is 12.1 Å². The Labute approximate surface area is 151 Å². The Morgan fingerprint density at radius 3 is 2.81 bits per heavy atom. The first-order valence-electron chi connectivity index (χ1n) is 8.26. The van der Waals surface area contributed by atoms with Gasteiger partial charge in [0.15, 0.2) is 5.69 Å². The van der Waals surface area contributed by atoms with Gasteiger partial charge in [-0.2, -0.15) is 0 Å². The highest BCUT2D eigenvalue weighted by Crippen LogP contribution is 2.41. The third kappa shape index (κ3) is 3.42. The van der Waals surface area contributed by atoms with Crippen LogP contribution in [0.4, 0.5) is 5.69 Å². The zero-order chi connectivity index (χ0) is 18.7. The summed E-state index contributed by atoms with van der Waals surface area (Å²) in [6, 6.07) is 8.71. The number of fused-ring (bicyclic) bond motifs is 1. The number of carbonyl (C=O) groups is 1. The number of carbonyl (C=O) groups excluding carboxylic acids is 1. The molecule has 0 radical (unpaired) electrons. The molecule has 26 heavy (non-hydrogen) atoms. The molecule has 134 valence electrons. The monoisotopic (exact) mass is 352 g/mol. The van der Waals surface area contributed by atoms with Crippen LogP contribution in [0.5, 0.6) is 11.6 Å². The quantitative estimate of drug-likeness (QED) is 0.692. The van der Waals surface area contributed by atoms with Gasteiger partial charge in [0, 0.05) is 24.3 Å². The van der Waals surface area contributed by atoms with Crippen molar-refractivity contribution in [3.05, 3.63) is 48.3 Å². The van der Waals surface area contributed by atoms with Crippen LogP contribution in [-0.2, 0) is 6.54 Å². The number of pyridine rings is 1. The van der Waals surface area contributed by atoms with Gasteiger partial charge in [0.2, 0.25) is 5.88 Å². The number of hydrogen-bond donors (Lipinski definition) is 1. The van der Waals surface area contributed by atoms with E-state index < -0.39 is 5.91 Å². The van der Waals surface area contributed by atoms with Crippen LogP contribution in [0.1, 0.15) is 24.2 Å². The standard InChI is InChI=1S/C19H20N4O3/c1-12(2)11-23-16-7-6-14(26-3)9-15(16)17(19(23)25)21-22-18(24)13-5-4-8-20-10-13/h4-10,12,25H,11H2,1-3H3. The lowest BCUT2D eigenvalue weighted by Gasteiger charge is -2.09. The number of amides is 1. The summed E-state index contributed by atoms with van der Waals surface area (Å²) >= 11 is 0. The van der Waals surface area contributed by atoms with Gasteiger partial charge < -0.3 is 14.4 Å². The molecule has 0 atom stereocenters. The molecule has 0 aliphatic rings. The third-order valence-corrected chi connectivity index (χ3v) is 3.91. The Balaban J connectivity index is 2.07. The molecular formula is C19H20N4O3. The molecule has 0 saturated heterocycles. The minimum Gasteiger partial charge on any atom is -0.497 e. The van der Waals surface area contributed by atoms with Gasteiger partial charge in [0.1, 0.15) is 5.75 Å². The molecule has 2 heterocycles. The van der Waals surface area contributed by atoms with E-state index >= 15 is 0 Å². The first-order valence-corrected chi connectivity index (χ1v) is 8.26. The van der Waals surface area contributed by atoms with Gasteiger partial charge in [-0.3, -0.25) is 9.78 Å². The summed E-state index contributed by atoms with van der Waals surface area (Å²) in [6.45, 7) is 4.73. The second kappa shape index (κ2) is 7.35. The van der Waals surface area contributed by atoms with Crippen molar-refractivity contribution < 1.29 is 14.6 Å². The van der Waals surface area contributed by atoms with E-state index in [4.69, 9.17) is 4.74 Å². The number of aromatic hydroxyl groups is 1. The maximum atomic E-state index is 12.2. The Morgan fingerprint density at radius 2 is 2.15 bits per heavy atom. The molecule has 0 bridgehead atoms. The predicted octanol–water partition coefficient (Wildman–Crippen LogP) is 4.33. The maximum absolute atomic E-state index is 12.2. The number of hydrogen-bond acceptors (Lipinski definition) is 5. The van der Waals surface area contributed by atoms with Crippen LogP contribution >= 0.6 is 0 Å². The van der Waals surface area contributed by atoms with Crippen molar-refractivity contribution in [1.29, 1.82) is 0 Å². The Morgan fingerprint density at radius 1 is 1.35 bits per heavy atom. The molecule has 0 aliphatic carbocycles. The molecule has 0 spiro atoms. The van der Waals surface area contributed by atoms with Crippen molar-refractivity contribution in [2.45, 2.75) is 20.4 Å². The number of methoxy groups -OCH3 is 1. The fourth-order valence-corrected chi connectivity index (χ4v) is 2.72. The van der Waals surface area contributed by atoms with E-state index in [0.29, 0.717) is 29.2 Å². The van der Waals surface area contributed by atoms with E-state index in [2.05, 4.69) is 29.1 Å². The third-order valence-electron chi connectivity index (χ3n) is 3.91. The van der Waals surface area contributed by atoms with E-state index in [-0.39, 0.29) is 11.6 Å². The lowest BCUT2D eigenvalue weighted by Crippen LogP contribution is -2.03. The fourth-order valence-electron chi connectivity index (χ4n) is 2.72. The van der Waals surface area contributed by atoms with E-state index in [0.717, 1.165) is 5.52 Å². The van der Waals surface area contributed by atoms with Crippen LogP contribution in [0.25, 0.3) is 10.9 Å². The molecule has 0 aliphatic heterocycles. The fraction of sp³-hybridized carbons (Fsp3) is 0.263. The van der Waals surface area contributed by atoms with Crippen LogP contribution in [0.15, 0.2) is 53.0 Å². The number of benzene rings is 1. The molecule has 1 aromatic carbocycles. The Kier molecular flexibility index (Phi) is 4.97. The van der Waals surface area contributed by atoms with Crippen molar-refractivity contribution in [3.8, 4) is 11.6 Å². The van der Waals surface area contributed by atoms with E-state index in [1.165, 1.54) is 6.20 Å². The second-order valence-corrected chi connectivity index (χ2v) is 6.31. The minimum atomic E-state index is -0.523. The molecule has 3 aromatic rings. The first-order chi connectivity index (χ1) is 12.5. The summed E-state index contributed by atoms with van der Waals surface area (Å²) in [5.41, 5.74) is 1.39. The number of aromatic nitrogens is 2. The summed E-state index contributed by atoms with van der Waals surface area (Å²) in [7, 11) is 1.57. The molecule has 0 saturated carbocycles. The van der Waals surface area contributed by atoms with Crippen LogP contribution in [-0.4, -0.2) is 27.7 Å². The highest BCUT2D eigenvalue weighted by molar-refractivity contribution is 5.97. The van der Waals surface area contributed by atoms with Crippen molar-refractivity contribution in [2.24, 2.45) is 16.1 Å². The Hall–Kier alpha value is -3.22. The highest BCUT2D eigenvalue weighted by Gasteiger charge is 2.18. The second-order valence-electron chi connectivity index (χ2n) is 6.31. The van der Waals surface area contributed by atoms with Gasteiger partial charge in [-0.05, 0) is 36.2 Å². The molecular weight excluding hydrogens is 332 g/mol. The summed E-state index contributed by atoms with van der Waals surface area (Å²) in [4.78, 5) is 16.1. The maximum Gasteiger partial charge on any atom is 0.296 e. The molecule has 2 aromatic heterocycles. The van der Waals surface area contributed by atoms with Crippen LogP contribution in [0.2, 0.25) is 0 Å². The molecule has 0 unspecified atom stereocenters. The van der Waals surface area contributed by atoms with Crippen molar-refractivity contribution >= 4 is 22.5 Å². The summed E-state index contributed by atoms with van der Waals surface area (Å²) in [6.07, 6.45) is 3.00. The predicted molar refractivity (Wildman–Crippen MR) is 98.1 cm³/mol. The lowest BCUT2D eigenvalue weighted by atomic mass is 10.2. The first kappa shape index (κ1) is 17.6. The molecule has 7 heteroatoms. The Bertz CT molecular complexity index is 962. The van der Waals surface area contributed by atoms with E-state index in [1.54, 1.807) is 36.1 Å². The molecule has 7 nitrogen and oxygen atoms in total. The smallest absolute Gasteiger partial charge is 0.296 e. The number of rotatable bonds is 5. The van der Waals surface area contributed by atoms with Crippen LogP contribution in [0, 0.1) is 5.92 Å². The summed E-state index contributed by atoms with van der Waals surface area (Å²) in [5, 5.41) is 19.1. The van der Waals surface area contributed by atoms with E-state index in [9.17, 15) is 9.90 Å². The molecule has 1 N–H and O–H groups in total. The zero-order valence-electron chi connectivity index (χ0n) is 14.9. The van der Waals surface area contributed by atoms with Gasteiger partial charge in [-0.15, -0.1) is 10.2 Å². The van der Waals surface area contributed by atoms with Gasteiger partial charge in [-0.1, -0.05) is 13.8 Å². The average Bonchev–Trinajstić information content (AvgIpc) is 2.90. The average molecular weight is 352 g/mol. The number of ether oxygens (including phenoxy) is 1. The van der Waals surface area contributed by atoms with Crippen molar-refractivity contribution in [3.63, 3.8) is 0 Å². The van der Waals surface area contributed by atoms with Gasteiger partial charge in [0.05, 0.1) is 18.2 Å². The summed E-state index contributed by atoms with van der Waals surface area (Å²) in [5.74, 6) is 0.407. The lowest BCUT2D eigenvalue weighted by molar-refractivity contribution is 0.0994. The highest BCUT2D eigenvalue weighted by atomic mass is 16.5. The molecule has 1 amide bonds. The number of azo groups is 1. The normalized spacial score (nSPS) is 11.5. The number of nitrogens with zero attached hydrogens (tertiary/aromatic N) is 4. The topological polar surface area (TPSA) is 89.1 Å². The van der Waals surface area contributed by atoms with Crippen molar-refractivity contribution in [2.75, 3.05) is 7.11 Å². The minimum absolute atomic E-state index is 0.0234. The van der Waals surface area contributed by atoms with Gasteiger partial charge in [-0.25, -0.2) is 0 Å². The molecule has 3 rings (SSSR count). The summed E-state index contributed by atoms with van der Waals surface area (Å²) < 4.78 is 7.03. The zero-order valence-corrected chi connectivity index (χ0v) is 14.9. The van der Waals surface area contributed by atoms with Crippen LogP contribution < -0.4 is 4.74 Å². The largest absolute Gasteiger partial charge is 0.497 e.